The first-order valence-electron chi connectivity index (χ1n) is 5.35. The molecule has 0 saturated heterocycles. The predicted molar refractivity (Wildman–Crippen MR) is 65.1 cm³/mol. The molecule has 96 valence electrons. The van der Waals surface area contributed by atoms with E-state index in [0.717, 1.165) is 6.08 Å². The van der Waals surface area contributed by atoms with Gasteiger partial charge in [-0.3, -0.25) is 4.79 Å². The van der Waals surface area contributed by atoms with Crippen LogP contribution in [0.3, 0.4) is 0 Å². The number of esters is 1. The summed E-state index contributed by atoms with van der Waals surface area (Å²) in [6.45, 7) is 1.50. The summed E-state index contributed by atoms with van der Waals surface area (Å²) in [7, 11) is 1.24. The van der Waals surface area contributed by atoms with E-state index in [9.17, 15) is 14.0 Å². The normalized spacial score (nSPS) is 12.2. The molecule has 0 aliphatic carbocycles. The molecule has 0 spiro atoms. The van der Waals surface area contributed by atoms with Crippen molar-refractivity contribution < 1.29 is 18.7 Å². The van der Waals surface area contributed by atoms with Crippen LogP contribution in [0.1, 0.15) is 12.5 Å². The van der Waals surface area contributed by atoms with E-state index in [0.29, 0.717) is 5.56 Å². The zero-order chi connectivity index (χ0) is 13.5. The fourth-order valence-corrected chi connectivity index (χ4v) is 1.27. The van der Waals surface area contributed by atoms with Gasteiger partial charge < -0.3 is 10.1 Å². The fourth-order valence-electron chi connectivity index (χ4n) is 1.27. The number of halogens is 1. The quantitative estimate of drug-likeness (QED) is 0.652. The van der Waals surface area contributed by atoms with E-state index >= 15 is 0 Å². The van der Waals surface area contributed by atoms with Crippen molar-refractivity contribution in [3.8, 4) is 0 Å². The van der Waals surface area contributed by atoms with Crippen molar-refractivity contribution >= 4 is 18.0 Å². The molecule has 1 rings (SSSR count). The smallest absolute Gasteiger partial charge is 0.328 e. The van der Waals surface area contributed by atoms with E-state index in [-0.39, 0.29) is 0 Å². The first kappa shape index (κ1) is 13.9. The molecule has 0 aliphatic heterocycles. The van der Waals surface area contributed by atoms with Crippen LogP contribution in [0.15, 0.2) is 30.3 Å². The number of ether oxygens (including phenoxy) is 1. The second kappa shape index (κ2) is 6.54. The Morgan fingerprint density at radius 2 is 2.06 bits per heavy atom. The van der Waals surface area contributed by atoms with Crippen molar-refractivity contribution in [2.45, 2.75) is 13.0 Å². The average Bonchev–Trinajstić information content (AvgIpc) is 2.36. The largest absolute Gasteiger partial charge is 0.467 e. The van der Waals surface area contributed by atoms with Gasteiger partial charge in [0.2, 0.25) is 5.91 Å². The minimum absolute atomic E-state index is 0.304. The van der Waals surface area contributed by atoms with E-state index in [1.54, 1.807) is 18.2 Å². The summed E-state index contributed by atoms with van der Waals surface area (Å²) >= 11 is 0. The highest BCUT2D eigenvalue weighted by Gasteiger charge is 2.13. The van der Waals surface area contributed by atoms with Crippen LogP contribution < -0.4 is 5.32 Å². The molecule has 0 bridgehead atoms. The van der Waals surface area contributed by atoms with Crippen LogP contribution in [-0.4, -0.2) is 25.0 Å². The number of methoxy groups -OCH3 is 1. The number of carbonyl (C=O) groups excluding carboxylic acids is 2. The van der Waals surface area contributed by atoms with Crippen LogP contribution in [-0.2, 0) is 14.3 Å². The summed E-state index contributed by atoms with van der Waals surface area (Å²) in [6.07, 6.45) is 2.51. The topological polar surface area (TPSA) is 55.4 Å². The van der Waals surface area contributed by atoms with Crippen LogP contribution >= 0.6 is 0 Å². The molecule has 1 aromatic rings. The van der Waals surface area contributed by atoms with Gasteiger partial charge in [-0.1, -0.05) is 18.2 Å². The molecule has 1 amide bonds. The summed E-state index contributed by atoms with van der Waals surface area (Å²) in [4.78, 5) is 22.5. The van der Waals surface area contributed by atoms with Gasteiger partial charge in [-0.05, 0) is 19.1 Å². The third kappa shape index (κ3) is 4.01. The summed E-state index contributed by atoms with van der Waals surface area (Å²) < 4.78 is 17.7. The van der Waals surface area contributed by atoms with Crippen LogP contribution in [0.2, 0.25) is 0 Å². The number of amides is 1. The molecule has 5 heteroatoms. The van der Waals surface area contributed by atoms with Crippen LogP contribution in [0.25, 0.3) is 6.08 Å². The Bertz CT molecular complexity index is 471. The van der Waals surface area contributed by atoms with Crippen molar-refractivity contribution in [3.05, 3.63) is 41.7 Å². The Morgan fingerprint density at radius 3 is 2.67 bits per heavy atom. The highest BCUT2D eigenvalue weighted by atomic mass is 19.1. The van der Waals surface area contributed by atoms with E-state index in [1.807, 2.05) is 0 Å². The maximum atomic E-state index is 13.2. The van der Waals surface area contributed by atoms with Gasteiger partial charge in [0.25, 0.3) is 0 Å². The fraction of sp³-hybridized carbons (Fsp3) is 0.231. The second-order valence-electron chi connectivity index (χ2n) is 3.61. The van der Waals surface area contributed by atoms with Crippen molar-refractivity contribution in [2.24, 2.45) is 0 Å². The monoisotopic (exact) mass is 251 g/mol. The predicted octanol–water partition coefficient (Wildman–Crippen LogP) is 1.52. The first-order valence-corrected chi connectivity index (χ1v) is 5.35. The molecule has 18 heavy (non-hydrogen) atoms. The molecule has 4 nitrogen and oxygen atoms in total. The summed E-state index contributed by atoms with van der Waals surface area (Å²) in [5, 5.41) is 2.40. The zero-order valence-electron chi connectivity index (χ0n) is 10.1. The lowest BCUT2D eigenvalue weighted by atomic mass is 10.2. The number of carbonyl (C=O) groups is 2. The molecule has 1 N–H and O–H groups in total. The molecule has 0 saturated carbocycles. The van der Waals surface area contributed by atoms with Crippen LogP contribution in [0.4, 0.5) is 4.39 Å². The number of benzene rings is 1. The minimum Gasteiger partial charge on any atom is -0.467 e. The lowest BCUT2D eigenvalue weighted by Crippen LogP contribution is -2.38. The lowest BCUT2D eigenvalue weighted by Gasteiger charge is -2.09. The summed E-state index contributed by atoms with van der Waals surface area (Å²) in [6, 6.07) is 5.33. The Hall–Kier alpha value is -2.17. The van der Waals surface area contributed by atoms with Gasteiger partial charge in [-0.15, -0.1) is 0 Å². The molecule has 0 radical (unpaired) electrons. The van der Waals surface area contributed by atoms with Gasteiger partial charge >= 0.3 is 5.97 Å². The van der Waals surface area contributed by atoms with E-state index in [4.69, 9.17) is 0 Å². The Labute approximate surface area is 104 Å². The van der Waals surface area contributed by atoms with E-state index < -0.39 is 23.7 Å². The molecule has 1 atom stereocenters. The molecule has 0 aromatic heterocycles. The van der Waals surface area contributed by atoms with Crippen molar-refractivity contribution in [1.29, 1.82) is 0 Å². The Balaban J connectivity index is 2.60. The standard InChI is InChI=1S/C13H14FNO3/c1-9(13(17)18-2)15-12(16)8-7-10-5-3-4-6-11(10)14/h3-9H,1-2H3,(H,15,16)/b8-7+/t9-/m0/s1. The van der Waals surface area contributed by atoms with Crippen molar-refractivity contribution in [1.82, 2.24) is 5.32 Å². The summed E-state index contributed by atoms with van der Waals surface area (Å²) in [5.41, 5.74) is 0.304. The Kier molecular flexibility index (Phi) is 5.05. The van der Waals surface area contributed by atoms with Crippen LogP contribution in [0.5, 0.6) is 0 Å². The zero-order valence-corrected chi connectivity index (χ0v) is 10.1. The molecule has 0 fully saturated rings. The minimum atomic E-state index is -0.743. The van der Waals surface area contributed by atoms with Crippen molar-refractivity contribution in [2.75, 3.05) is 7.11 Å². The SMILES string of the molecule is COC(=O)[C@H](C)NC(=O)/C=C/c1ccccc1F. The van der Waals surface area contributed by atoms with Gasteiger partial charge in [0, 0.05) is 11.6 Å². The van der Waals surface area contributed by atoms with Gasteiger partial charge in [0.1, 0.15) is 11.9 Å². The maximum Gasteiger partial charge on any atom is 0.328 e. The first-order chi connectivity index (χ1) is 8.54. The van der Waals surface area contributed by atoms with Crippen molar-refractivity contribution in [3.63, 3.8) is 0 Å². The molecular formula is C13H14FNO3. The summed E-state index contributed by atoms with van der Waals surface area (Å²) in [5.74, 6) is -1.44. The third-order valence-electron chi connectivity index (χ3n) is 2.23. The van der Waals surface area contributed by atoms with Gasteiger partial charge in [-0.25, -0.2) is 9.18 Å². The van der Waals surface area contributed by atoms with Crippen LogP contribution in [0, 0.1) is 5.82 Å². The molecular weight excluding hydrogens is 237 g/mol. The average molecular weight is 251 g/mol. The second-order valence-corrected chi connectivity index (χ2v) is 3.61. The number of rotatable bonds is 4. The molecule has 0 heterocycles. The molecule has 0 unspecified atom stereocenters. The van der Waals surface area contributed by atoms with Gasteiger partial charge in [-0.2, -0.15) is 0 Å². The molecule has 1 aromatic carbocycles. The number of nitrogens with one attached hydrogen (secondary N) is 1. The highest BCUT2D eigenvalue weighted by Crippen LogP contribution is 2.07. The molecule has 0 aliphatic rings. The van der Waals surface area contributed by atoms with E-state index in [1.165, 1.54) is 26.2 Å². The van der Waals surface area contributed by atoms with Gasteiger partial charge in [0.05, 0.1) is 7.11 Å². The number of hydrogen-bond donors (Lipinski definition) is 1. The van der Waals surface area contributed by atoms with E-state index in [2.05, 4.69) is 10.1 Å². The highest BCUT2D eigenvalue weighted by molar-refractivity contribution is 5.94. The lowest BCUT2D eigenvalue weighted by molar-refractivity contribution is -0.144. The maximum absolute atomic E-state index is 13.2. The number of hydrogen-bond acceptors (Lipinski definition) is 3. The Morgan fingerprint density at radius 1 is 1.39 bits per heavy atom. The third-order valence-corrected chi connectivity index (χ3v) is 2.23. The van der Waals surface area contributed by atoms with Gasteiger partial charge in [0.15, 0.2) is 0 Å².